The minimum Gasteiger partial charge on any atom is -0.465 e. The number of esters is 1. The average molecular weight is 226 g/mol. The molecule has 1 aliphatic heterocycles. The summed E-state index contributed by atoms with van der Waals surface area (Å²) in [5.74, 6) is 0.387. The van der Waals surface area contributed by atoms with Crippen molar-refractivity contribution in [3.8, 4) is 0 Å². The summed E-state index contributed by atoms with van der Waals surface area (Å²) in [4.78, 5) is 11.8. The van der Waals surface area contributed by atoms with Gasteiger partial charge >= 0.3 is 5.97 Å². The first-order valence-corrected chi connectivity index (χ1v) is 6.01. The zero-order chi connectivity index (χ0) is 12.0. The Kier molecular flexibility index (Phi) is 5.00. The fourth-order valence-corrected chi connectivity index (χ4v) is 2.10. The molecular formula is C13H22O3. The first-order valence-electron chi connectivity index (χ1n) is 6.01. The zero-order valence-electron chi connectivity index (χ0n) is 10.3. The van der Waals surface area contributed by atoms with E-state index in [1.807, 2.05) is 13.8 Å². The van der Waals surface area contributed by atoms with Crippen LogP contribution in [0.3, 0.4) is 0 Å². The number of hydrogen-bond donors (Lipinski definition) is 0. The van der Waals surface area contributed by atoms with Gasteiger partial charge < -0.3 is 9.47 Å². The molecule has 0 N–H and O–H groups in total. The summed E-state index contributed by atoms with van der Waals surface area (Å²) in [6, 6.07) is 0. The number of ether oxygens (including phenoxy) is 2. The molecule has 1 unspecified atom stereocenters. The minimum absolute atomic E-state index is 0.156. The lowest BCUT2D eigenvalue weighted by Gasteiger charge is -2.30. The molecule has 0 bridgehead atoms. The lowest BCUT2D eigenvalue weighted by atomic mass is 9.78. The van der Waals surface area contributed by atoms with Crippen molar-refractivity contribution in [2.24, 2.45) is 11.3 Å². The Bertz CT molecular complexity index is 244. The van der Waals surface area contributed by atoms with Crippen molar-refractivity contribution in [2.75, 3.05) is 19.8 Å². The van der Waals surface area contributed by atoms with Crippen LogP contribution < -0.4 is 0 Å². The van der Waals surface area contributed by atoms with E-state index in [-0.39, 0.29) is 5.97 Å². The second kappa shape index (κ2) is 6.04. The minimum atomic E-state index is -0.544. The summed E-state index contributed by atoms with van der Waals surface area (Å²) in [5, 5.41) is 0. The van der Waals surface area contributed by atoms with Crippen LogP contribution in [0.5, 0.6) is 0 Å². The Morgan fingerprint density at radius 1 is 1.56 bits per heavy atom. The highest BCUT2D eigenvalue weighted by molar-refractivity contribution is 5.78. The summed E-state index contributed by atoms with van der Waals surface area (Å²) in [7, 11) is 0. The standard InChI is InChI=1S/C13H22O3/c1-4-13(3,12(14)16-5-2)10-11-6-8-15-9-7-11/h4,11H,1,5-10H2,2-3H3. The summed E-state index contributed by atoms with van der Waals surface area (Å²) in [6.07, 6.45) is 4.60. The molecule has 3 heteroatoms. The van der Waals surface area contributed by atoms with E-state index >= 15 is 0 Å². The summed E-state index contributed by atoms with van der Waals surface area (Å²) in [6.45, 7) is 9.55. The molecule has 16 heavy (non-hydrogen) atoms. The second-order valence-corrected chi connectivity index (χ2v) is 4.60. The van der Waals surface area contributed by atoms with Crippen LogP contribution in [0.25, 0.3) is 0 Å². The molecule has 0 saturated carbocycles. The van der Waals surface area contributed by atoms with Crippen LogP contribution in [0.1, 0.15) is 33.1 Å². The Labute approximate surface area is 97.8 Å². The lowest BCUT2D eigenvalue weighted by Crippen LogP contribution is -2.32. The van der Waals surface area contributed by atoms with E-state index in [1.54, 1.807) is 6.08 Å². The van der Waals surface area contributed by atoms with Crippen molar-refractivity contribution >= 4 is 5.97 Å². The number of hydrogen-bond acceptors (Lipinski definition) is 3. The zero-order valence-corrected chi connectivity index (χ0v) is 10.3. The monoisotopic (exact) mass is 226 g/mol. The lowest BCUT2D eigenvalue weighted by molar-refractivity contribution is -0.152. The van der Waals surface area contributed by atoms with Crippen molar-refractivity contribution in [2.45, 2.75) is 33.1 Å². The molecule has 1 saturated heterocycles. The number of carbonyl (C=O) groups is 1. The molecule has 92 valence electrons. The molecule has 1 fully saturated rings. The highest BCUT2D eigenvalue weighted by Crippen LogP contribution is 2.33. The molecular weight excluding hydrogens is 204 g/mol. The van der Waals surface area contributed by atoms with E-state index in [0.29, 0.717) is 12.5 Å². The van der Waals surface area contributed by atoms with Crippen molar-refractivity contribution in [1.82, 2.24) is 0 Å². The van der Waals surface area contributed by atoms with Gasteiger partial charge in [-0.3, -0.25) is 4.79 Å². The van der Waals surface area contributed by atoms with E-state index in [0.717, 1.165) is 32.5 Å². The molecule has 0 aromatic carbocycles. The van der Waals surface area contributed by atoms with Crippen LogP contribution in [0.2, 0.25) is 0 Å². The van der Waals surface area contributed by atoms with E-state index < -0.39 is 5.41 Å². The van der Waals surface area contributed by atoms with Gasteiger partial charge in [0.1, 0.15) is 0 Å². The maximum Gasteiger partial charge on any atom is 0.315 e. The second-order valence-electron chi connectivity index (χ2n) is 4.60. The molecule has 1 rings (SSSR count). The third kappa shape index (κ3) is 3.34. The predicted molar refractivity (Wildman–Crippen MR) is 63.1 cm³/mol. The maximum atomic E-state index is 11.8. The predicted octanol–water partition coefficient (Wildman–Crippen LogP) is 2.56. The van der Waals surface area contributed by atoms with Crippen molar-refractivity contribution in [3.63, 3.8) is 0 Å². The molecule has 1 atom stereocenters. The molecule has 0 aliphatic carbocycles. The van der Waals surface area contributed by atoms with Gasteiger partial charge in [0.05, 0.1) is 12.0 Å². The van der Waals surface area contributed by atoms with Crippen LogP contribution in [-0.2, 0) is 14.3 Å². The molecule has 1 heterocycles. The largest absolute Gasteiger partial charge is 0.465 e. The van der Waals surface area contributed by atoms with Crippen LogP contribution in [0, 0.1) is 11.3 Å². The molecule has 0 aromatic rings. The van der Waals surface area contributed by atoms with Gasteiger partial charge in [0.15, 0.2) is 0 Å². The van der Waals surface area contributed by atoms with Crippen molar-refractivity contribution < 1.29 is 14.3 Å². The summed E-state index contributed by atoms with van der Waals surface area (Å²) >= 11 is 0. The van der Waals surface area contributed by atoms with Crippen molar-refractivity contribution in [1.29, 1.82) is 0 Å². The van der Waals surface area contributed by atoms with Gasteiger partial charge in [0.25, 0.3) is 0 Å². The number of rotatable bonds is 5. The number of carbonyl (C=O) groups excluding carboxylic acids is 1. The Hall–Kier alpha value is -0.830. The smallest absolute Gasteiger partial charge is 0.315 e. The van der Waals surface area contributed by atoms with E-state index in [4.69, 9.17) is 9.47 Å². The Morgan fingerprint density at radius 3 is 2.69 bits per heavy atom. The summed E-state index contributed by atoms with van der Waals surface area (Å²) < 4.78 is 10.4. The first kappa shape index (κ1) is 13.2. The molecule has 0 radical (unpaired) electrons. The van der Waals surface area contributed by atoms with Gasteiger partial charge in [0, 0.05) is 13.2 Å². The fraction of sp³-hybridized carbons (Fsp3) is 0.769. The van der Waals surface area contributed by atoms with E-state index in [1.165, 1.54) is 0 Å². The average Bonchev–Trinajstić information content (AvgIpc) is 2.30. The quantitative estimate of drug-likeness (QED) is 0.534. The molecule has 0 aromatic heterocycles. The van der Waals surface area contributed by atoms with Gasteiger partial charge in [0.2, 0.25) is 0 Å². The van der Waals surface area contributed by atoms with Crippen LogP contribution in [0.15, 0.2) is 12.7 Å². The van der Waals surface area contributed by atoms with Gasteiger partial charge in [-0.2, -0.15) is 0 Å². The van der Waals surface area contributed by atoms with E-state index in [9.17, 15) is 4.79 Å². The first-order chi connectivity index (χ1) is 7.62. The van der Waals surface area contributed by atoms with Gasteiger partial charge in [-0.1, -0.05) is 6.08 Å². The third-order valence-electron chi connectivity index (χ3n) is 3.25. The fourth-order valence-electron chi connectivity index (χ4n) is 2.10. The molecule has 1 aliphatic rings. The highest BCUT2D eigenvalue weighted by atomic mass is 16.5. The molecule has 3 nitrogen and oxygen atoms in total. The van der Waals surface area contributed by atoms with Crippen LogP contribution >= 0.6 is 0 Å². The highest BCUT2D eigenvalue weighted by Gasteiger charge is 2.34. The van der Waals surface area contributed by atoms with Crippen LogP contribution in [0.4, 0.5) is 0 Å². The van der Waals surface area contributed by atoms with E-state index in [2.05, 4.69) is 6.58 Å². The van der Waals surface area contributed by atoms with Gasteiger partial charge in [-0.15, -0.1) is 6.58 Å². The summed E-state index contributed by atoms with van der Waals surface area (Å²) in [5.41, 5.74) is -0.544. The SMILES string of the molecule is C=CC(C)(CC1CCOCC1)C(=O)OCC. The maximum absolute atomic E-state index is 11.8. The normalized spacial score (nSPS) is 21.1. The molecule has 0 spiro atoms. The Morgan fingerprint density at radius 2 is 2.19 bits per heavy atom. The van der Waals surface area contributed by atoms with Gasteiger partial charge in [-0.25, -0.2) is 0 Å². The van der Waals surface area contributed by atoms with Crippen molar-refractivity contribution in [3.05, 3.63) is 12.7 Å². The third-order valence-corrected chi connectivity index (χ3v) is 3.25. The van der Waals surface area contributed by atoms with Crippen LogP contribution in [-0.4, -0.2) is 25.8 Å². The Balaban J connectivity index is 2.57. The topological polar surface area (TPSA) is 35.5 Å². The van der Waals surface area contributed by atoms with Gasteiger partial charge in [-0.05, 0) is 39.0 Å². The molecule has 0 amide bonds.